The van der Waals surface area contributed by atoms with Gasteiger partial charge >= 0.3 is 0 Å². The Morgan fingerprint density at radius 2 is 2.14 bits per heavy atom. The van der Waals surface area contributed by atoms with Gasteiger partial charge in [-0.1, -0.05) is 17.7 Å². The highest BCUT2D eigenvalue weighted by Crippen LogP contribution is 2.34. The second-order valence-electron chi connectivity index (χ2n) is 4.19. The van der Waals surface area contributed by atoms with Crippen molar-refractivity contribution in [2.45, 2.75) is 0 Å². The molecule has 0 unspecified atom stereocenters. The van der Waals surface area contributed by atoms with Crippen molar-refractivity contribution in [2.24, 2.45) is 5.73 Å². The number of nitrogens with one attached hydrogen (secondary N) is 1. The molecule has 7 heteroatoms. The first-order valence-corrected chi connectivity index (χ1v) is 6.78. The first-order valence-electron chi connectivity index (χ1n) is 5.99. The van der Waals surface area contributed by atoms with E-state index in [9.17, 15) is 0 Å². The molecule has 3 N–H and O–H groups in total. The lowest BCUT2D eigenvalue weighted by Gasteiger charge is -2.10. The molecule has 1 aromatic heterocycles. The molecule has 21 heavy (non-hydrogen) atoms. The van der Waals surface area contributed by atoms with Crippen LogP contribution in [0.1, 0.15) is 0 Å². The zero-order valence-corrected chi connectivity index (χ0v) is 12.2. The van der Waals surface area contributed by atoms with Crippen LogP contribution < -0.4 is 15.8 Å². The molecule has 2 aromatic carbocycles. The molecule has 3 aromatic rings. The summed E-state index contributed by atoms with van der Waals surface area (Å²) in [7, 11) is 0. The molecule has 0 bridgehead atoms. The molecule has 106 valence electrons. The summed E-state index contributed by atoms with van der Waals surface area (Å²) >= 11 is 11.0. The second kappa shape index (κ2) is 5.59. The van der Waals surface area contributed by atoms with Crippen LogP contribution in [0.4, 0.5) is 5.69 Å². The number of hydrogen-bond donors (Lipinski definition) is 2. The normalized spacial score (nSPS) is 10.5. The number of ether oxygens (including phenoxy) is 1. The number of aromatic nitrogens is 1. The maximum atomic E-state index is 6.19. The van der Waals surface area contributed by atoms with Crippen LogP contribution in [0.25, 0.3) is 11.1 Å². The average Bonchev–Trinajstić information content (AvgIpc) is 2.90. The van der Waals surface area contributed by atoms with Gasteiger partial charge in [-0.15, -0.1) is 0 Å². The molecule has 0 radical (unpaired) electrons. The van der Waals surface area contributed by atoms with Gasteiger partial charge in [0.25, 0.3) is 0 Å². The van der Waals surface area contributed by atoms with Crippen molar-refractivity contribution >= 4 is 45.7 Å². The lowest BCUT2D eigenvalue weighted by Crippen LogP contribution is -2.18. The number of para-hydroxylation sites is 1. The summed E-state index contributed by atoms with van der Waals surface area (Å²) in [5, 5.41) is 3.40. The third kappa shape index (κ3) is 2.91. The van der Waals surface area contributed by atoms with Gasteiger partial charge in [0, 0.05) is 5.69 Å². The molecule has 0 aliphatic rings. The van der Waals surface area contributed by atoms with E-state index in [1.54, 1.807) is 24.3 Å². The maximum absolute atomic E-state index is 6.19. The maximum Gasteiger partial charge on any atom is 0.182 e. The zero-order chi connectivity index (χ0) is 14.8. The van der Waals surface area contributed by atoms with Crippen LogP contribution in [0.5, 0.6) is 11.5 Å². The monoisotopic (exact) mass is 319 g/mol. The molecule has 0 amide bonds. The zero-order valence-electron chi connectivity index (χ0n) is 10.7. The van der Waals surface area contributed by atoms with Crippen LogP contribution in [-0.2, 0) is 0 Å². The van der Waals surface area contributed by atoms with E-state index in [2.05, 4.69) is 10.3 Å². The van der Waals surface area contributed by atoms with Gasteiger partial charge in [0.2, 0.25) is 0 Å². The van der Waals surface area contributed by atoms with Crippen molar-refractivity contribution in [1.29, 1.82) is 0 Å². The minimum Gasteiger partial charge on any atom is -0.453 e. The van der Waals surface area contributed by atoms with Gasteiger partial charge in [-0.05, 0) is 42.5 Å². The van der Waals surface area contributed by atoms with E-state index >= 15 is 0 Å². The Bertz CT molecular complexity index is 819. The fourth-order valence-electron chi connectivity index (χ4n) is 1.86. The fourth-order valence-corrected chi connectivity index (χ4v) is 2.20. The molecule has 0 aliphatic heterocycles. The van der Waals surface area contributed by atoms with Crippen molar-refractivity contribution in [3.8, 4) is 11.5 Å². The molecule has 0 saturated carbocycles. The van der Waals surface area contributed by atoms with Gasteiger partial charge in [-0.3, -0.25) is 0 Å². The molecular weight excluding hydrogens is 310 g/mol. The average molecular weight is 320 g/mol. The van der Waals surface area contributed by atoms with E-state index in [-0.39, 0.29) is 5.11 Å². The smallest absolute Gasteiger partial charge is 0.182 e. The standard InChI is InChI=1S/C14H10ClN3O2S/c15-9-6-8(18-14(16)21)4-5-10(9)20-12-3-1-2-11-13(12)17-7-19-11/h1-7H,(H3,16,18,21). The second-order valence-corrected chi connectivity index (χ2v) is 5.04. The number of thiocarbonyl (C=S) groups is 1. The van der Waals surface area contributed by atoms with Crippen LogP contribution in [0.2, 0.25) is 5.02 Å². The largest absolute Gasteiger partial charge is 0.453 e. The molecule has 1 heterocycles. The van der Waals surface area contributed by atoms with Crippen molar-refractivity contribution in [2.75, 3.05) is 5.32 Å². The van der Waals surface area contributed by atoms with Gasteiger partial charge in [-0.2, -0.15) is 0 Å². The summed E-state index contributed by atoms with van der Waals surface area (Å²) in [5.74, 6) is 1.07. The minimum absolute atomic E-state index is 0.173. The fraction of sp³-hybridized carbons (Fsp3) is 0. The Balaban J connectivity index is 1.91. The molecule has 5 nitrogen and oxygen atoms in total. The Kier molecular flexibility index (Phi) is 3.64. The van der Waals surface area contributed by atoms with Gasteiger partial charge in [0.1, 0.15) is 5.75 Å². The van der Waals surface area contributed by atoms with Crippen LogP contribution in [0.15, 0.2) is 47.2 Å². The number of halogens is 1. The lowest BCUT2D eigenvalue weighted by molar-refractivity contribution is 0.487. The highest BCUT2D eigenvalue weighted by molar-refractivity contribution is 7.80. The molecule has 3 rings (SSSR count). The molecule has 0 spiro atoms. The summed E-state index contributed by atoms with van der Waals surface area (Å²) in [5.41, 5.74) is 7.39. The number of rotatable bonds is 3. The summed E-state index contributed by atoms with van der Waals surface area (Å²) < 4.78 is 11.0. The highest BCUT2D eigenvalue weighted by Gasteiger charge is 2.10. The molecule has 0 fully saturated rings. The number of anilines is 1. The summed E-state index contributed by atoms with van der Waals surface area (Å²) in [6, 6.07) is 10.6. The van der Waals surface area contributed by atoms with Gasteiger partial charge in [0.05, 0.1) is 5.02 Å². The van der Waals surface area contributed by atoms with Crippen LogP contribution in [-0.4, -0.2) is 10.1 Å². The van der Waals surface area contributed by atoms with Gasteiger partial charge in [-0.25, -0.2) is 4.98 Å². The quantitative estimate of drug-likeness (QED) is 0.713. The third-order valence-corrected chi connectivity index (χ3v) is 3.14. The van der Waals surface area contributed by atoms with Gasteiger partial charge < -0.3 is 20.2 Å². The number of oxazole rings is 1. The van der Waals surface area contributed by atoms with E-state index < -0.39 is 0 Å². The Morgan fingerprint density at radius 3 is 2.90 bits per heavy atom. The van der Waals surface area contributed by atoms with E-state index in [4.69, 9.17) is 38.7 Å². The topological polar surface area (TPSA) is 73.3 Å². The number of nitrogens with zero attached hydrogens (tertiary/aromatic N) is 1. The third-order valence-electron chi connectivity index (χ3n) is 2.74. The van der Waals surface area contributed by atoms with E-state index in [1.165, 1.54) is 6.39 Å². The number of hydrogen-bond acceptors (Lipinski definition) is 4. The summed E-state index contributed by atoms with van der Waals surface area (Å²) in [6.07, 6.45) is 1.37. The molecular formula is C14H10ClN3O2S. The lowest BCUT2D eigenvalue weighted by atomic mass is 10.3. The SMILES string of the molecule is NC(=S)Nc1ccc(Oc2cccc3ocnc23)c(Cl)c1. The van der Waals surface area contributed by atoms with Crippen molar-refractivity contribution in [3.05, 3.63) is 47.8 Å². The molecule has 0 atom stereocenters. The number of fused-ring (bicyclic) bond motifs is 1. The molecule has 0 aliphatic carbocycles. The van der Waals surface area contributed by atoms with Gasteiger partial charge in [0.15, 0.2) is 28.4 Å². The minimum atomic E-state index is 0.173. The van der Waals surface area contributed by atoms with Crippen LogP contribution >= 0.6 is 23.8 Å². The van der Waals surface area contributed by atoms with E-state index in [1.807, 2.05) is 12.1 Å². The Hall–Kier alpha value is -2.31. The van der Waals surface area contributed by atoms with Crippen LogP contribution in [0.3, 0.4) is 0 Å². The summed E-state index contributed by atoms with van der Waals surface area (Å²) in [4.78, 5) is 4.12. The Morgan fingerprint density at radius 1 is 1.29 bits per heavy atom. The summed E-state index contributed by atoms with van der Waals surface area (Å²) in [6.45, 7) is 0. The highest BCUT2D eigenvalue weighted by atomic mass is 35.5. The van der Waals surface area contributed by atoms with E-state index in [0.29, 0.717) is 33.3 Å². The predicted octanol–water partition coefficient (Wildman–Crippen LogP) is 3.93. The first kappa shape index (κ1) is 13.7. The number of nitrogens with two attached hydrogens (primary N) is 1. The van der Waals surface area contributed by atoms with Crippen molar-refractivity contribution in [3.63, 3.8) is 0 Å². The molecule has 0 saturated heterocycles. The van der Waals surface area contributed by atoms with Crippen LogP contribution in [0, 0.1) is 0 Å². The number of benzene rings is 2. The van der Waals surface area contributed by atoms with Crippen molar-refractivity contribution in [1.82, 2.24) is 4.98 Å². The Labute approximate surface area is 130 Å². The van der Waals surface area contributed by atoms with Crippen molar-refractivity contribution < 1.29 is 9.15 Å². The van der Waals surface area contributed by atoms with E-state index in [0.717, 1.165) is 0 Å². The predicted molar refractivity (Wildman–Crippen MR) is 85.9 cm³/mol. The first-order chi connectivity index (χ1) is 10.1.